The Bertz CT molecular complexity index is 303. The average molecular weight is 257 g/mol. The standard InChI is InChI=1S/C13H23NO4/c1-9(2)10-3-4-12(16)14(6-5-10)8-11(15)7-13(17)18/h9-11,15H,3-8H2,1-2H3,(H,17,18). The van der Waals surface area contributed by atoms with Crippen molar-refractivity contribution in [3.8, 4) is 0 Å². The Hall–Kier alpha value is -1.10. The Kier molecular flexibility index (Phi) is 5.59. The van der Waals surface area contributed by atoms with Gasteiger partial charge in [-0.15, -0.1) is 0 Å². The van der Waals surface area contributed by atoms with Crippen LogP contribution in [-0.4, -0.2) is 46.2 Å². The number of aliphatic carboxylic acids is 1. The monoisotopic (exact) mass is 257 g/mol. The zero-order valence-corrected chi connectivity index (χ0v) is 11.1. The van der Waals surface area contributed by atoms with Crippen molar-refractivity contribution in [1.82, 2.24) is 4.90 Å². The Labute approximate surface area is 108 Å². The average Bonchev–Trinajstić information content (AvgIpc) is 2.41. The first kappa shape index (κ1) is 15.0. The first-order valence-corrected chi connectivity index (χ1v) is 6.57. The minimum atomic E-state index is -1.04. The molecule has 5 heteroatoms. The highest BCUT2D eigenvalue weighted by Crippen LogP contribution is 2.25. The molecule has 2 N–H and O–H groups in total. The molecule has 1 rings (SSSR count). The van der Waals surface area contributed by atoms with Crippen LogP contribution in [-0.2, 0) is 9.59 Å². The van der Waals surface area contributed by atoms with Crippen molar-refractivity contribution in [3.63, 3.8) is 0 Å². The summed E-state index contributed by atoms with van der Waals surface area (Å²) in [5.74, 6) is 0.0877. The topological polar surface area (TPSA) is 77.8 Å². The molecule has 0 aromatic rings. The molecule has 0 saturated carbocycles. The number of nitrogens with zero attached hydrogens (tertiary/aromatic N) is 1. The van der Waals surface area contributed by atoms with Crippen molar-refractivity contribution in [3.05, 3.63) is 0 Å². The van der Waals surface area contributed by atoms with E-state index in [1.165, 1.54) is 0 Å². The second kappa shape index (κ2) is 6.73. The van der Waals surface area contributed by atoms with Crippen LogP contribution in [0.4, 0.5) is 0 Å². The van der Waals surface area contributed by atoms with Gasteiger partial charge in [-0.05, 0) is 24.7 Å². The van der Waals surface area contributed by atoms with Crippen LogP contribution in [0.1, 0.15) is 39.5 Å². The van der Waals surface area contributed by atoms with Gasteiger partial charge in [-0.25, -0.2) is 0 Å². The summed E-state index contributed by atoms with van der Waals surface area (Å²) in [7, 11) is 0. The molecule has 1 fully saturated rings. The number of hydrogen-bond donors (Lipinski definition) is 2. The molecule has 0 aromatic carbocycles. The van der Waals surface area contributed by atoms with E-state index < -0.39 is 12.1 Å². The molecular weight excluding hydrogens is 234 g/mol. The van der Waals surface area contributed by atoms with E-state index in [0.29, 0.717) is 24.8 Å². The number of amides is 1. The van der Waals surface area contributed by atoms with Gasteiger partial charge in [0.25, 0.3) is 0 Å². The fraction of sp³-hybridized carbons (Fsp3) is 0.846. The minimum absolute atomic E-state index is 0.0302. The SMILES string of the molecule is CC(C)C1CCC(=O)N(CC(O)CC(=O)O)CC1. The Morgan fingerprint density at radius 2 is 2.11 bits per heavy atom. The molecule has 1 heterocycles. The summed E-state index contributed by atoms with van der Waals surface area (Å²) in [4.78, 5) is 24.0. The van der Waals surface area contributed by atoms with E-state index in [9.17, 15) is 14.7 Å². The molecule has 1 saturated heterocycles. The molecule has 0 aromatic heterocycles. The summed E-state index contributed by atoms with van der Waals surface area (Å²) < 4.78 is 0. The molecule has 2 atom stereocenters. The van der Waals surface area contributed by atoms with Crippen LogP contribution in [0.15, 0.2) is 0 Å². The number of likely N-dealkylation sites (tertiary alicyclic amines) is 1. The quantitative estimate of drug-likeness (QED) is 0.773. The highest BCUT2D eigenvalue weighted by atomic mass is 16.4. The summed E-state index contributed by atoms with van der Waals surface area (Å²) >= 11 is 0. The summed E-state index contributed by atoms with van der Waals surface area (Å²) in [5.41, 5.74) is 0. The van der Waals surface area contributed by atoms with E-state index in [1.54, 1.807) is 4.90 Å². The number of carbonyl (C=O) groups is 2. The maximum absolute atomic E-state index is 11.9. The van der Waals surface area contributed by atoms with Gasteiger partial charge in [0.15, 0.2) is 0 Å². The Balaban J connectivity index is 2.50. The zero-order chi connectivity index (χ0) is 13.7. The minimum Gasteiger partial charge on any atom is -0.481 e. The lowest BCUT2D eigenvalue weighted by Gasteiger charge is -2.23. The number of aliphatic hydroxyl groups excluding tert-OH is 1. The molecule has 0 spiro atoms. The number of carboxylic acids is 1. The van der Waals surface area contributed by atoms with Crippen molar-refractivity contribution >= 4 is 11.9 Å². The zero-order valence-electron chi connectivity index (χ0n) is 11.1. The molecule has 18 heavy (non-hydrogen) atoms. The first-order chi connectivity index (χ1) is 8.40. The lowest BCUT2D eigenvalue weighted by Crippen LogP contribution is -2.38. The molecule has 0 radical (unpaired) electrons. The number of carboxylic acid groups (broad SMARTS) is 1. The second-order valence-corrected chi connectivity index (χ2v) is 5.42. The smallest absolute Gasteiger partial charge is 0.306 e. The maximum atomic E-state index is 11.9. The fourth-order valence-corrected chi connectivity index (χ4v) is 2.44. The predicted molar refractivity (Wildman–Crippen MR) is 67.0 cm³/mol. The number of hydrogen-bond acceptors (Lipinski definition) is 3. The molecule has 2 unspecified atom stereocenters. The third kappa shape index (κ3) is 4.64. The lowest BCUT2D eigenvalue weighted by molar-refractivity contribution is -0.141. The normalized spacial score (nSPS) is 23.0. The van der Waals surface area contributed by atoms with E-state index in [-0.39, 0.29) is 18.9 Å². The van der Waals surface area contributed by atoms with Gasteiger partial charge in [0.2, 0.25) is 5.91 Å². The van der Waals surface area contributed by atoms with Crippen molar-refractivity contribution in [2.24, 2.45) is 11.8 Å². The van der Waals surface area contributed by atoms with Crippen LogP contribution < -0.4 is 0 Å². The van der Waals surface area contributed by atoms with Crippen molar-refractivity contribution in [1.29, 1.82) is 0 Å². The molecule has 1 amide bonds. The van der Waals surface area contributed by atoms with Gasteiger partial charge in [0.1, 0.15) is 0 Å². The van der Waals surface area contributed by atoms with E-state index in [4.69, 9.17) is 5.11 Å². The van der Waals surface area contributed by atoms with Crippen LogP contribution in [0.3, 0.4) is 0 Å². The summed E-state index contributed by atoms with van der Waals surface area (Å²) in [6.45, 7) is 5.07. The largest absolute Gasteiger partial charge is 0.481 e. The summed E-state index contributed by atoms with van der Waals surface area (Å²) in [6, 6.07) is 0. The lowest BCUT2D eigenvalue weighted by atomic mass is 9.89. The van der Waals surface area contributed by atoms with Gasteiger partial charge >= 0.3 is 5.97 Å². The van der Waals surface area contributed by atoms with Crippen LogP contribution in [0.5, 0.6) is 0 Å². The maximum Gasteiger partial charge on any atom is 0.306 e. The molecule has 104 valence electrons. The van der Waals surface area contributed by atoms with Crippen LogP contribution in [0.25, 0.3) is 0 Å². The molecule has 1 aliphatic heterocycles. The van der Waals surface area contributed by atoms with Crippen LogP contribution in [0, 0.1) is 11.8 Å². The number of carbonyl (C=O) groups excluding carboxylic acids is 1. The van der Waals surface area contributed by atoms with Crippen molar-refractivity contribution in [2.45, 2.75) is 45.6 Å². The summed E-state index contributed by atoms with van der Waals surface area (Å²) in [6.07, 6.45) is 1.05. The first-order valence-electron chi connectivity index (χ1n) is 6.57. The van der Waals surface area contributed by atoms with Gasteiger partial charge in [-0.3, -0.25) is 9.59 Å². The molecule has 5 nitrogen and oxygen atoms in total. The molecule has 0 aliphatic carbocycles. The molecule has 1 aliphatic rings. The Morgan fingerprint density at radius 1 is 1.44 bits per heavy atom. The summed E-state index contributed by atoms with van der Waals surface area (Å²) in [5, 5.41) is 18.2. The second-order valence-electron chi connectivity index (χ2n) is 5.42. The predicted octanol–water partition coefficient (Wildman–Crippen LogP) is 1.11. The highest BCUT2D eigenvalue weighted by molar-refractivity contribution is 5.76. The molecular formula is C13H23NO4. The Morgan fingerprint density at radius 3 is 2.67 bits per heavy atom. The van der Waals surface area contributed by atoms with Crippen molar-refractivity contribution < 1.29 is 19.8 Å². The third-order valence-corrected chi connectivity index (χ3v) is 3.64. The number of rotatable bonds is 5. The van der Waals surface area contributed by atoms with Gasteiger partial charge < -0.3 is 15.1 Å². The fourth-order valence-electron chi connectivity index (χ4n) is 2.44. The van der Waals surface area contributed by atoms with Crippen molar-refractivity contribution in [2.75, 3.05) is 13.1 Å². The van der Waals surface area contributed by atoms with E-state index >= 15 is 0 Å². The van der Waals surface area contributed by atoms with E-state index in [2.05, 4.69) is 13.8 Å². The number of aliphatic hydroxyl groups is 1. The third-order valence-electron chi connectivity index (χ3n) is 3.64. The van der Waals surface area contributed by atoms with E-state index in [0.717, 1.165) is 12.8 Å². The van der Waals surface area contributed by atoms with Gasteiger partial charge in [0, 0.05) is 19.5 Å². The van der Waals surface area contributed by atoms with E-state index in [1.807, 2.05) is 0 Å². The van der Waals surface area contributed by atoms with Crippen LogP contribution in [0.2, 0.25) is 0 Å². The van der Waals surface area contributed by atoms with Gasteiger partial charge in [-0.1, -0.05) is 13.8 Å². The van der Waals surface area contributed by atoms with Crippen LogP contribution >= 0.6 is 0 Å². The highest BCUT2D eigenvalue weighted by Gasteiger charge is 2.25. The molecule has 0 bridgehead atoms. The van der Waals surface area contributed by atoms with Gasteiger partial charge in [-0.2, -0.15) is 0 Å². The number of β-amino-alcohol motifs (C(OH)–C–C–N with tert-alkyl or cyclic N) is 1. The van der Waals surface area contributed by atoms with Gasteiger partial charge in [0.05, 0.1) is 12.5 Å².